The first-order valence-corrected chi connectivity index (χ1v) is 6.95. The van der Waals surface area contributed by atoms with E-state index in [9.17, 15) is 5.11 Å². The molecule has 1 aliphatic carbocycles. The van der Waals surface area contributed by atoms with Gasteiger partial charge in [0.1, 0.15) is 0 Å². The molecule has 0 bridgehead atoms. The van der Waals surface area contributed by atoms with Gasteiger partial charge in [-0.1, -0.05) is 41.0 Å². The molecule has 1 fully saturated rings. The van der Waals surface area contributed by atoms with Gasteiger partial charge in [-0.05, 0) is 49.4 Å². The number of rotatable bonds is 2. The number of hydrogen-bond acceptors (Lipinski definition) is 1. The lowest BCUT2D eigenvalue weighted by molar-refractivity contribution is 0.00298. The molecule has 1 nitrogen and oxygen atoms in total. The van der Waals surface area contributed by atoms with Crippen LogP contribution in [0.25, 0.3) is 0 Å². The molecule has 16 heavy (non-hydrogen) atoms. The Morgan fingerprint density at radius 2 is 1.81 bits per heavy atom. The highest BCUT2D eigenvalue weighted by Crippen LogP contribution is 2.41. The van der Waals surface area contributed by atoms with Crippen LogP contribution in [0.3, 0.4) is 0 Å². The predicted molar refractivity (Wildman–Crippen MR) is 70.4 cm³/mol. The van der Waals surface area contributed by atoms with Gasteiger partial charge in [-0.25, -0.2) is 0 Å². The fraction of sp³-hybridized carbons (Fsp3) is 1.00. The second-order valence-electron chi connectivity index (χ2n) is 7.32. The minimum absolute atomic E-state index is 0.367. The van der Waals surface area contributed by atoms with Gasteiger partial charge < -0.3 is 5.11 Å². The van der Waals surface area contributed by atoms with Crippen LogP contribution in [-0.4, -0.2) is 10.7 Å². The molecule has 0 saturated heterocycles. The smallest absolute Gasteiger partial charge is 0.0650 e. The maximum Gasteiger partial charge on any atom is 0.0650 e. The van der Waals surface area contributed by atoms with E-state index in [1.54, 1.807) is 0 Å². The van der Waals surface area contributed by atoms with Crippen LogP contribution in [0.4, 0.5) is 0 Å². The number of aliphatic hydroxyl groups is 1. The quantitative estimate of drug-likeness (QED) is 0.692. The topological polar surface area (TPSA) is 20.2 Å². The van der Waals surface area contributed by atoms with E-state index < -0.39 is 0 Å². The van der Waals surface area contributed by atoms with Crippen LogP contribution in [0, 0.1) is 17.3 Å². The molecule has 0 spiro atoms. The fourth-order valence-electron chi connectivity index (χ4n) is 3.22. The summed E-state index contributed by atoms with van der Waals surface area (Å²) in [5.74, 6) is 1.39. The van der Waals surface area contributed by atoms with Crippen LogP contribution >= 0.6 is 0 Å². The molecule has 0 aliphatic heterocycles. The van der Waals surface area contributed by atoms with Gasteiger partial charge in [-0.15, -0.1) is 0 Å². The van der Waals surface area contributed by atoms with E-state index in [4.69, 9.17) is 0 Å². The van der Waals surface area contributed by atoms with Crippen LogP contribution in [-0.2, 0) is 0 Å². The van der Waals surface area contributed by atoms with Gasteiger partial charge in [0.25, 0.3) is 0 Å². The van der Waals surface area contributed by atoms with E-state index in [0.29, 0.717) is 11.3 Å². The fourth-order valence-corrected chi connectivity index (χ4v) is 3.22. The Labute approximate surface area is 102 Å². The summed E-state index contributed by atoms with van der Waals surface area (Å²) in [4.78, 5) is 0. The molecule has 0 aromatic rings. The Balaban J connectivity index is 2.58. The average Bonchev–Trinajstić information content (AvgIpc) is 2.24. The summed E-state index contributed by atoms with van der Waals surface area (Å²) in [6, 6.07) is 0. The summed E-state index contributed by atoms with van der Waals surface area (Å²) in [5.41, 5.74) is 0.0389. The van der Waals surface area contributed by atoms with Crippen LogP contribution < -0.4 is 0 Å². The van der Waals surface area contributed by atoms with Crippen molar-refractivity contribution >= 4 is 0 Å². The molecule has 1 heteroatoms. The maximum absolute atomic E-state index is 10.6. The summed E-state index contributed by atoms with van der Waals surface area (Å²) in [7, 11) is 0. The third-order valence-electron chi connectivity index (χ3n) is 4.17. The van der Waals surface area contributed by atoms with Gasteiger partial charge in [0.2, 0.25) is 0 Å². The van der Waals surface area contributed by atoms with E-state index in [-0.39, 0.29) is 5.60 Å². The Kier molecular flexibility index (Phi) is 4.45. The zero-order chi connectivity index (χ0) is 12.4. The second-order valence-corrected chi connectivity index (χ2v) is 7.32. The highest BCUT2D eigenvalue weighted by Gasteiger charge is 2.34. The Hall–Kier alpha value is -0.0400. The molecule has 96 valence electrons. The SMILES string of the molecule is CC(C)CC1(O)CCCC(C(C)(C)C)CC1. The molecule has 2 unspecified atom stereocenters. The number of hydrogen-bond donors (Lipinski definition) is 1. The van der Waals surface area contributed by atoms with Crippen molar-refractivity contribution in [3.63, 3.8) is 0 Å². The monoisotopic (exact) mass is 226 g/mol. The Morgan fingerprint density at radius 1 is 1.19 bits per heavy atom. The summed E-state index contributed by atoms with van der Waals surface area (Å²) < 4.78 is 0. The van der Waals surface area contributed by atoms with E-state index in [2.05, 4.69) is 34.6 Å². The van der Waals surface area contributed by atoms with Gasteiger partial charge in [0.15, 0.2) is 0 Å². The van der Waals surface area contributed by atoms with Crippen LogP contribution in [0.5, 0.6) is 0 Å². The molecule has 1 aliphatic rings. The normalized spacial score (nSPS) is 32.8. The lowest BCUT2D eigenvalue weighted by Gasteiger charge is -2.31. The minimum Gasteiger partial charge on any atom is -0.390 e. The zero-order valence-corrected chi connectivity index (χ0v) is 11.8. The first kappa shape index (κ1) is 14.0. The predicted octanol–water partition coefficient (Wildman–Crippen LogP) is 4.39. The van der Waals surface area contributed by atoms with Crippen molar-refractivity contribution in [1.29, 1.82) is 0 Å². The summed E-state index contributed by atoms with van der Waals surface area (Å²) in [6.07, 6.45) is 6.69. The molecular weight excluding hydrogens is 196 g/mol. The van der Waals surface area contributed by atoms with Crippen LogP contribution in [0.2, 0.25) is 0 Å². The van der Waals surface area contributed by atoms with Crippen LogP contribution in [0.15, 0.2) is 0 Å². The highest BCUT2D eigenvalue weighted by molar-refractivity contribution is 4.87. The molecule has 1 N–H and O–H groups in total. The van der Waals surface area contributed by atoms with Crippen molar-refractivity contribution in [2.45, 2.75) is 78.7 Å². The molecular formula is C15H30O. The Bertz CT molecular complexity index is 214. The first-order chi connectivity index (χ1) is 7.23. The molecule has 0 radical (unpaired) electrons. The first-order valence-electron chi connectivity index (χ1n) is 6.95. The van der Waals surface area contributed by atoms with Crippen molar-refractivity contribution in [2.75, 3.05) is 0 Å². The summed E-state index contributed by atoms with van der Waals surface area (Å²) in [5, 5.41) is 10.6. The van der Waals surface area contributed by atoms with Gasteiger partial charge in [0.05, 0.1) is 5.60 Å². The van der Waals surface area contributed by atoms with Gasteiger partial charge >= 0.3 is 0 Å². The standard InChI is InChI=1S/C15H30O/c1-12(2)11-15(16)9-6-7-13(8-10-15)14(3,4)5/h12-13,16H,6-11H2,1-5H3. The lowest BCUT2D eigenvalue weighted by Crippen LogP contribution is -2.30. The van der Waals surface area contributed by atoms with Gasteiger partial charge in [-0.2, -0.15) is 0 Å². The van der Waals surface area contributed by atoms with Crippen molar-refractivity contribution in [3.05, 3.63) is 0 Å². The third-order valence-corrected chi connectivity index (χ3v) is 4.17. The molecule has 2 atom stereocenters. The van der Waals surface area contributed by atoms with E-state index in [1.165, 1.54) is 19.3 Å². The van der Waals surface area contributed by atoms with Gasteiger partial charge in [0, 0.05) is 0 Å². The van der Waals surface area contributed by atoms with Crippen LogP contribution in [0.1, 0.15) is 73.1 Å². The molecule has 0 aromatic heterocycles. The van der Waals surface area contributed by atoms with Crippen molar-refractivity contribution in [1.82, 2.24) is 0 Å². The molecule has 0 aromatic carbocycles. The van der Waals surface area contributed by atoms with Crippen molar-refractivity contribution < 1.29 is 5.11 Å². The lowest BCUT2D eigenvalue weighted by atomic mass is 9.76. The second kappa shape index (κ2) is 5.08. The average molecular weight is 226 g/mol. The van der Waals surface area contributed by atoms with E-state index in [1.807, 2.05) is 0 Å². The highest BCUT2D eigenvalue weighted by atomic mass is 16.3. The van der Waals surface area contributed by atoms with Crippen molar-refractivity contribution in [2.24, 2.45) is 17.3 Å². The van der Waals surface area contributed by atoms with Crippen molar-refractivity contribution in [3.8, 4) is 0 Å². The summed E-state index contributed by atoms with van der Waals surface area (Å²) >= 11 is 0. The third kappa shape index (κ3) is 4.08. The summed E-state index contributed by atoms with van der Waals surface area (Å²) in [6.45, 7) is 11.4. The maximum atomic E-state index is 10.6. The van der Waals surface area contributed by atoms with Gasteiger partial charge in [-0.3, -0.25) is 0 Å². The molecule has 1 saturated carbocycles. The zero-order valence-electron chi connectivity index (χ0n) is 11.8. The Morgan fingerprint density at radius 3 is 2.31 bits per heavy atom. The molecule has 0 heterocycles. The van der Waals surface area contributed by atoms with E-state index >= 15 is 0 Å². The molecule has 1 rings (SSSR count). The van der Waals surface area contributed by atoms with E-state index in [0.717, 1.165) is 25.2 Å². The minimum atomic E-state index is -0.367. The largest absolute Gasteiger partial charge is 0.390 e. The molecule has 0 amide bonds.